The summed E-state index contributed by atoms with van der Waals surface area (Å²) in [5.74, 6) is 1.08. The summed E-state index contributed by atoms with van der Waals surface area (Å²) in [6.45, 7) is 6.81. The normalized spacial score (nSPS) is 11.3. The molecule has 0 radical (unpaired) electrons. The van der Waals surface area contributed by atoms with Crippen LogP contribution in [-0.2, 0) is 10.0 Å². The number of carbonyl (C=O) groups is 1. The van der Waals surface area contributed by atoms with Gasteiger partial charge in [-0.05, 0) is 48.2 Å². The summed E-state index contributed by atoms with van der Waals surface area (Å²) in [7, 11) is -3.45. The van der Waals surface area contributed by atoms with Crippen LogP contribution in [0, 0.1) is 0 Å². The van der Waals surface area contributed by atoms with Gasteiger partial charge in [-0.2, -0.15) is 0 Å². The van der Waals surface area contributed by atoms with Crippen LogP contribution in [0.1, 0.15) is 55.5 Å². The lowest BCUT2D eigenvalue weighted by molar-refractivity contribution is 0.0951. The lowest BCUT2D eigenvalue weighted by Crippen LogP contribution is -2.25. The second-order valence-corrected chi connectivity index (χ2v) is 8.77. The minimum atomic E-state index is -3.45. The van der Waals surface area contributed by atoms with E-state index in [-0.39, 0.29) is 11.5 Å². The number of ether oxygens (including phenoxy) is 1. The van der Waals surface area contributed by atoms with Crippen LogP contribution >= 0.6 is 0 Å². The van der Waals surface area contributed by atoms with Crippen molar-refractivity contribution in [2.24, 2.45) is 0 Å². The Morgan fingerprint density at radius 3 is 2.36 bits per heavy atom. The maximum atomic E-state index is 12.6. The average molecular weight is 405 g/mol. The summed E-state index contributed by atoms with van der Waals surface area (Å²) < 4.78 is 31.3. The third-order valence-electron chi connectivity index (χ3n) is 4.12. The molecule has 2 aromatic carbocycles. The van der Waals surface area contributed by atoms with E-state index in [0.717, 1.165) is 19.1 Å². The Bertz CT molecular complexity index is 907. The molecule has 0 aliphatic carbocycles. The van der Waals surface area contributed by atoms with Gasteiger partial charge in [0.15, 0.2) is 0 Å². The van der Waals surface area contributed by atoms with Gasteiger partial charge in [-0.1, -0.05) is 39.3 Å². The summed E-state index contributed by atoms with van der Waals surface area (Å²) in [5, 5.41) is 2.84. The predicted octanol–water partition coefficient (Wildman–Crippen LogP) is 4.50. The number of sulfonamides is 1. The van der Waals surface area contributed by atoms with Crippen molar-refractivity contribution < 1.29 is 17.9 Å². The van der Waals surface area contributed by atoms with Crippen LogP contribution in [0.15, 0.2) is 42.5 Å². The predicted molar refractivity (Wildman–Crippen MR) is 113 cm³/mol. The second-order valence-electron chi connectivity index (χ2n) is 7.02. The molecule has 2 aromatic rings. The number of hydrogen-bond acceptors (Lipinski definition) is 4. The topological polar surface area (TPSA) is 84.5 Å². The largest absolute Gasteiger partial charge is 0.457 e. The molecular weight excluding hydrogens is 376 g/mol. The van der Waals surface area contributed by atoms with Gasteiger partial charge >= 0.3 is 0 Å². The third kappa shape index (κ3) is 6.56. The zero-order valence-corrected chi connectivity index (χ0v) is 17.6. The Morgan fingerprint density at radius 2 is 1.79 bits per heavy atom. The van der Waals surface area contributed by atoms with Crippen molar-refractivity contribution in [1.82, 2.24) is 5.32 Å². The number of benzene rings is 2. The lowest BCUT2D eigenvalue weighted by Gasteiger charge is -2.14. The van der Waals surface area contributed by atoms with Gasteiger partial charge in [-0.3, -0.25) is 9.52 Å². The highest BCUT2D eigenvalue weighted by Crippen LogP contribution is 2.29. The number of anilines is 1. The Balaban J connectivity index is 2.31. The highest BCUT2D eigenvalue weighted by Gasteiger charge is 2.16. The van der Waals surface area contributed by atoms with Crippen molar-refractivity contribution in [1.29, 1.82) is 0 Å². The van der Waals surface area contributed by atoms with Gasteiger partial charge < -0.3 is 10.1 Å². The summed E-state index contributed by atoms with van der Waals surface area (Å²) in [6.07, 6.45) is 2.88. The van der Waals surface area contributed by atoms with E-state index >= 15 is 0 Å². The van der Waals surface area contributed by atoms with Gasteiger partial charge in [-0.25, -0.2) is 8.42 Å². The minimum absolute atomic E-state index is 0.276. The third-order valence-corrected chi connectivity index (χ3v) is 4.72. The first-order valence-corrected chi connectivity index (χ1v) is 11.3. The summed E-state index contributed by atoms with van der Waals surface area (Å²) in [5.41, 5.74) is 1.78. The van der Waals surface area contributed by atoms with Crippen LogP contribution in [0.2, 0.25) is 0 Å². The van der Waals surface area contributed by atoms with Gasteiger partial charge in [0.1, 0.15) is 11.5 Å². The first-order valence-electron chi connectivity index (χ1n) is 9.37. The van der Waals surface area contributed by atoms with Crippen LogP contribution in [0.25, 0.3) is 0 Å². The molecule has 0 spiro atoms. The molecule has 0 bridgehead atoms. The van der Waals surface area contributed by atoms with Gasteiger partial charge in [-0.15, -0.1) is 0 Å². The van der Waals surface area contributed by atoms with Gasteiger partial charge in [0.25, 0.3) is 5.91 Å². The standard InChI is InChI=1S/C21H28N2O4S/c1-5-6-13-22-21(24)19-14-17(23-28(4,25)26)9-12-20(19)27-18-10-7-16(8-11-18)15(2)3/h7-12,14-15,23H,5-6,13H2,1-4H3,(H,22,24). The van der Waals surface area contributed by atoms with Crippen molar-refractivity contribution in [2.45, 2.75) is 39.5 Å². The molecule has 0 aromatic heterocycles. The number of amides is 1. The van der Waals surface area contributed by atoms with E-state index in [2.05, 4.69) is 23.9 Å². The molecule has 2 N–H and O–H groups in total. The molecule has 0 atom stereocenters. The maximum absolute atomic E-state index is 12.6. The van der Waals surface area contributed by atoms with Crippen LogP contribution in [0.3, 0.4) is 0 Å². The van der Waals surface area contributed by atoms with E-state index in [1.807, 2.05) is 31.2 Å². The minimum Gasteiger partial charge on any atom is -0.457 e. The molecule has 0 fully saturated rings. The molecule has 0 unspecified atom stereocenters. The van der Waals surface area contributed by atoms with Crippen LogP contribution < -0.4 is 14.8 Å². The molecule has 28 heavy (non-hydrogen) atoms. The van der Waals surface area contributed by atoms with Crippen molar-refractivity contribution in [3.63, 3.8) is 0 Å². The molecule has 152 valence electrons. The number of nitrogens with one attached hydrogen (secondary N) is 2. The van der Waals surface area contributed by atoms with Crippen molar-refractivity contribution in [2.75, 3.05) is 17.5 Å². The lowest BCUT2D eigenvalue weighted by atomic mass is 10.0. The Hall–Kier alpha value is -2.54. The summed E-state index contributed by atoms with van der Waals surface area (Å²) in [4.78, 5) is 12.6. The van der Waals surface area contributed by atoms with Gasteiger partial charge in [0.05, 0.1) is 11.8 Å². The van der Waals surface area contributed by atoms with E-state index in [1.165, 1.54) is 11.6 Å². The molecule has 0 aliphatic heterocycles. The van der Waals surface area contributed by atoms with Crippen molar-refractivity contribution in [3.05, 3.63) is 53.6 Å². The zero-order valence-electron chi connectivity index (χ0n) is 16.8. The Labute approximate surface area is 167 Å². The molecule has 2 rings (SSSR count). The van der Waals surface area contributed by atoms with Gasteiger partial charge in [0, 0.05) is 12.2 Å². The van der Waals surface area contributed by atoms with E-state index < -0.39 is 10.0 Å². The monoisotopic (exact) mass is 404 g/mol. The molecule has 0 aliphatic rings. The van der Waals surface area contributed by atoms with Gasteiger partial charge in [0.2, 0.25) is 10.0 Å². The molecule has 0 heterocycles. The summed E-state index contributed by atoms with van der Waals surface area (Å²) in [6, 6.07) is 12.3. The number of rotatable bonds is 9. The van der Waals surface area contributed by atoms with Crippen molar-refractivity contribution >= 4 is 21.6 Å². The first-order chi connectivity index (χ1) is 13.2. The maximum Gasteiger partial charge on any atom is 0.255 e. The summed E-state index contributed by atoms with van der Waals surface area (Å²) >= 11 is 0. The molecular formula is C21H28N2O4S. The molecule has 6 nitrogen and oxygen atoms in total. The van der Waals surface area contributed by atoms with E-state index in [1.54, 1.807) is 12.1 Å². The van der Waals surface area contributed by atoms with Crippen molar-refractivity contribution in [3.8, 4) is 11.5 Å². The molecule has 0 saturated heterocycles. The zero-order chi connectivity index (χ0) is 20.7. The quantitative estimate of drug-likeness (QED) is 0.603. The average Bonchev–Trinajstić information content (AvgIpc) is 2.62. The highest BCUT2D eigenvalue weighted by molar-refractivity contribution is 7.92. The van der Waals surface area contributed by atoms with Crippen LogP contribution in [-0.4, -0.2) is 27.1 Å². The van der Waals surface area contributed by atoms with Crippen LogP contribution in [0.4, 0.5) is 5.69 Å². The number of unbranched alkanes of at least 4 members (excludes halogenated alkanes) is 1. The van der Waals surface area contributed by atoms with Crippen LogP contribution in [0.5, 0.6) is 11.5 Å². The fourth-order valence-electron chi connectivity index (χ4n) is 2.60. The SMILES string of the molecule is CCCCNC(=O)c1cc(NS(C)(=O)=O)ccc1Oc1ccc(C(C)C)cc1. The number of hydrogen-bond donors (Lipinski definition) is 2. The highest BCUT2D eigenvalue weighted by atomic mass is 32.2. The van der Waals surface area contributed by atoms with E-state index in [4.69, 9.17) is 4.74 Å². The Morgan fingerprint density at radius 1 is 1.11 bits per heavy atom. The molecule has 7 heteroatoms. The first kappa shape index (κ1) is 21.8. The second kappa shape index (κ2) is 9.59. The smallest absolute Gasteiger partial charge is 0.255 e. The fourth-order valence-corrected chi connectivity index (χ4v) is 3.15. The molecule has 1 amide bonds. The molecule has 0 saturated carbocycles. The van der Waals surface area contributed by atoms with E-state index in [9.17, 15) is 13.2 Å². The number of carbonyl (C=O) groups excluding carboxylic acids is 1. The fraction of sp³-hybridized carbons (Fsp3) is 0.381. The van der Waals surface area contributed by atoms with E-state index in [0.29, 0.717) is 29.6 Å². The Kier molecular flexibility index (Phi) is 7.45.